The highest BCUT2D eigenvalue weighted by molar-refractivity contribution is 4.96. The van der Waals surface area contributed by atoms with E-state index in [1.165, 1.54) is 0 Å². The largest absolute Gasteiger partial charge is 0.324 e. The molecule has 0 aliphatic rings. The summed E-state index contributed by atoms with van der Waals surface area (Å²) in [4.78, 5) is 0. The van der Waals surface area contributed by atoms with E-state index in [1.54, 1.807) is 0 Å². The second-order valence-corrected chi connectivity index (χ2v) is 5.17. The molecule has 1 rings (SSSR count). The van der Waals surface area contributed by atoms with E-state index in [0.29, 0.717) is 18.4 Å². The second-order valence-electron chi connectivity index (χ2n) is 5.17. The van der Waals surface area contributed by atoms with Crippen LogP contribution in [0.2, 0.25) is 0 Å². The van der Waals surface area contributed by atoms with Crippen LogP contribution in [0.3, 0.4) is 0 Å². The lowest BCUT2D eigenvalue weighted by Gasteiger charge is -2.12. The highest BCUT2D eigenvalue weighted by Crippen LogP contribution is 2.11. The average Bonchev–Trinajstić information content (AvgIpc) is 2.56. The lowest BCUT2D eigenvalue weighted by Crippen LogP contribution is -2.14. The molecule has 0 radical (unpaired) electrons. The Hall–Kier alpha value is -0.900. The van der Waals surface area contributed by atoms with Crippen LogP contribution in [0.25, 0.3) is 0 Å². The summed E-state index contributed by atoms with van der Waals surface area (Å²) in [6.45, 7) is 10.3. The third kappa shape index (κ3) is 3.59. The molecular weight excluding hydrogens is 200 g/mol. The highest BCUT2D eigenvalue weighted by Gasteiger charge is 2.12. The van der Waals surface area contributed by atoms with Crippen LogP contribution in [0.4, 0.5) is 0 Å². The first-order valence-electron chi connectivity index (χ1n) is 6.15. The molecule has 4 nitrogen and oxygen atoms in total. The van der Waals surface area contributed by atoms with Crippen LogP contribution in [-0.2, 0) is 19.5 Å². The van der Waals surface area contributed by atoms with Gasteiger partial charge in [-0.25, -0.2) is 0 Å². The number of nitrogens with two attached hydrogens (primary N) is 1. The molecule has 1 aromatic heterocycles. The number of aromatic nitrogens is 3. The minimum atomic E-state index is 0.474. The Balaban J connectivity index is 2.78. The van der Waals surface area contributed by atoms with Crippen molar-refractivity contribution in [2.45, 2.75) is 53.6 Å². The second kappa shape index (κ2) is 5.99. The van der Waals surface area contributed by atoms with E-state index in [4.69, 9.17) is 5.73 Å². The van der Waals surface area contributed by atoms with E-state index < -0.39 is 0 Å². The maximum Gasteiger partial charge on any atom is 0.146 e. The minimum absolute atomic E-state index is 0.474. The molecule has 0 aliphatic carbocycles. The van der Waals surface area contributed by atoms with Gasteiger partial charge in [-0.05, 0) is 18.3 Å². The summed E-state index contributed by atoms with van der Waals surface area (Å²) in [7, 11) is 0. The normalized spacial score (nSPS) is 11.7. The SMILES string of the molecule is CC(C)CCc1nnc(CN)n1CC(C)C. The maximum atomic E-state index is 5.67. The number of hydrogen-bond donors (Lipinski definition) is 1. The monoisotopic (exact) mass is 224 g/mol. The Morgan fingerprint density at radius 3 is 2.19 bits per heavy atom. The van der Waals surface area contributed by atoms with Gasteiger partial charge in [0.05, 0.1) is 6.54 Å². The van der Waals surface area contributed by atoms with E-state index in [9.17, 15) is 0 Å². The van der Waals surface area contributed by atoms with E-state index in [1.807, 2.05) is 0 Å². The topological polar surface area (TPSA) is 56.7 Å². The van der Waals surface area contributed by atoms with Crippen LogP contribution in [0.1, 0.15) is 45.8 Å². The molecule has 0 amide bonds. The number of nitrogens with zero attached hydrogens (tertiary/aromatic N) is 3. The zero-order valence-electron chi connectivity index (χ0n) is 10.9. The number of rotatable bonds is 6. The fraction of sp³-hybridized carbons (Fsp3) is 0.833. The predicted molar refractivity (Wildman–Crippen MR) is 65.9 cm³/mol. The molecule has 16 heavy (non-hydrogen) atoms. The van der Waals surface area contributed by atoms with Crippen LogP contribution in [0.15, 0.2) is 0 Å². The van der Waals surface area contributed by atoms with Crippen molar-refractivity contribution >= 4 is 0 Å². The first kappa shape index (κ1) is 13.2. The van der Waals surface area contributed by atoms with Crippen molar-refractivity contribution in [3.63, 3.8) is 0 Å². The predicted octanol–water partition coefficient (Wildman–Crippen LogP) is 1.98. The Morgan fingerprint density at radius 2 is 1.69 bits per heavy atom. The van der Waals surface area contributed by atoms with Crippen molar-refractivity contribution in [2.24, 2.45) is 17.6 Å². The molecule has 2 N–H and O–H groups in total. The minimum Gasteiger partial charge on any atom is -0.324 e. The lowest BCUT2D eigenvalue weighted by molar-refractivity contribution is 0.479. The Labute approximate surface area is 98.2 Å². The van der Waals surface area contributed by atoms with Gasteiger partial charge in [0, 0.05) is 13.0 Å². The van der Waals surface area contributed by atoms with Crippen molar-refractivity contribution in [1.82, 2.24) is 14.8 Å². The first-order chi connectivity index (χ1) is 7.54. The lowest BCUT2D eigenvalue weighted by atomic mass is 10.1. The van der Waals surface area contributed by atoms with Gasteiger partial charge in [-0.3, -0.25) is 0 Å². The third-order valence-corrected chi connectivity index (χ3v) is 2.58. The molecule has 0 bridgehead atoms. The maximum absolute atomic E-state index is 5.67. The van der Waals surface area contributed by atoms with E-state index in [-0.39, 0.29) is 0 Å². The number of hydrogen-bond acceptors (Lipinski definition) is 3. The Morgan fingerprint density at radius 1 is 1.06 bits per heavy atom. The van der Waals surface area contributed by atoms with Gasteiger partial charge in [0.15, 0.2) is 0 Å². The summed E-state index contributed by atoms with van der Waals surface area (Å²) in [5.41, 5.74) is 5.67. The van der Waals surface area contributed by atoms with Crippen molar-refractivity contribution < 1.29 is 0 Å². The van der Waals surface area contributed by atoms with E-state index in [2.05, 4.69) is 42.5 Å². The standard InChI is InChI=1S/C12H24N4/c1-9(2)5-6-11-14-15-12(7-13)16(11)8-10(3)4/h9-10H,5-8,13H2,1-4H3. The molecule has 0 fully saturated rings. The van der Waals surface area contributed by atoms with Gasteiger partial charge in [0.1, 0.15) is 11.6 Å². The van der Waals surface area contributed by atoms with Gasteiger partial charge >= 0.3 is 0 Å². The summed E-state index contributed by atoms with van der Waals surface area (Å²) in [6, 6.07) is 0. The molecule has 4 heteroatoms. The number of aryl methyl sites for hydroxylation is 1. The van der Waals surface area contributed by atoms with Gasteiger partial charge in [0.25, 0.3) is 0 Å². The molecule has 0 spiro atoms. The van der Waals surface area contributed by atoms with Crippen LogP contribution in [-0.4, -0.2) is 14.8 Å². The Bertz CT molecular complexity index is 315. The third-order valence-electron chi connectivity index (χ3n) is 2.58. The van der Waals surface area contributed by atoms with Gasteiger partial charge in [0.2, 0.25) is 0 Å². The van der Waals surface area contributed by atoms with Crippen molar-refractivity contribution in [3.8, 4) is 0 Å². The zero-order valence-corrected chi connectivity index (χ0v) is 10.9. The average molecular weight is 224 g/mol. The van der Waals surface area contributed by atoms with Crippen molar-refractivity contribution in [2.75, 3.05) is 0 Å². The van der Waals surface area contributed by atoms with E-state index in [0.717, 1.165) is 31.0 Å². The van der Waals surface area contributed by atoms with Crippen LogP contribution in [0, 0.1) is 11.8 Å². The molecule has 0 aromatic carbocycles. The summed E-state index contributed by atoms with van der Waals surface area (Å²) in [5, 5.41) is 8.40. The highest BCUT2D eigenvalue weighted by atomic mass is 15.3. The fourth-order valence-electron chi connectivity index (χ4n) is 1.70. The summed E-state index contributed by atoms with van der Waals surface area (Å²) in [6.07, 6.45) is 2.15. The molecule has 0 atom stereocenters. The van der Waals surface area contributed by atoms with Crippen molar-refractivity contribution in [3.05, 3.63) is 11.6 Å². The van der Waals surface area contributed by atoms with Gasteiger partial charge in [-0.15, -0.1) is 10.2 Å². The van der Waals surface area contributed by atoms with Gasteiger partial charge < -0.3 is 10.3 Å². The van der Waals surface area contributed by atoms with Crippen molar-refractivity contribution in [1.29, 1.82) is 0 Å². The molecule has 1 heterocycles. The van der Waals surface area contributed by atoms with Crippen LogP contribution < -0.4 is 5.73 Å². The Kier molecular flexibility index (Phi) is 4.93. The summed E-state index contributed by atoms with van der Waals surface area (Å²) < 4.78 is 2.19. The molecule has 0 unspecified atom stereocenters. The smallest absolute Gasteiger partial charge is 0.146 e. The zero-order chi connectivity index (χ0) is 12.1. The fourth-order valence-corrected chi connectivity index (χ4v) is 1.70. The summed E-state index contributed by atoms with van der Waals surface area (Å²) >= 11 is 0. The molecule has 0 saturated carbocycles. The molecular formula is C12H24N4. The molecule has 0 aliphatic heterocycles. The van der Waals surface area contributed by atoms with Crippen LogP contribution >= 0.6 is 0 Å². The quantitative estimate of drug-likeness (QED) is 0.804. The van der Waals surface area contributed by atoms with Crippen LogP contribution in [0.5, 0.6) is 0 Å². The van der Waals surface area contributed by atoms with E-state index >= 15 is 0 Å². The molecule has 92 valence electrons. The van der Waals surface area contributed by atoms with Gasteiger partial charge in [-0.2, -0.15) is 0 Å². The molecule has 0 saturated heterocycles. The van der Waals surface area contributed by atoms with Gasteiger partial charge in [-0.1, -0.05) is 27.7 Å². The summed E-state index contributed by atoms with van der Waals surface area (Å²) in [5.74, 6) is 3.29. The first-order valence-corrected chi connectivity index (χ1v) is 6.15. The molecule has 1 aromatic rings.